The number of aryl methyl sites for hydroxylation is 1. The summed E-state index contributed by atoms with van der Waals surface area (Å²) >= 11 is 0. The zero-order valence-electron chi connectivity index (χ0n) is 18.6. The van der Waals surface area contributed by atoms with Gasteiger partial charge in [0.25, 0.3) is 0 Å². The lowest BCUT2D eigenvalue weighted by atomic mass is 9.96. The van der Waals surface area contributed by atoms with Crippen LogP contribution < -0.4 is 10.1 Å². The largest absolute Gasteiger partial charge is 0.493 e. The molecular weight excluding hydrogens is 407 g/mol. The standard InChI is InChI=1S/C24H27FN6O/c1-15(20-7-6-19(25)11-27-20)4-5-17-10-18(14-31-24(17)22(32-3)13-28-31)23-16(2)21-12-26-8-9-30(21)29-23/h6-7,10-11,13-15,26H,4-5,8-9,12H2,1-3H3. The quantitative estimate of drug-likeness (QED) is 0.499. The lowest BCUT2D eigenvalue weighted by Gasteiger charge is -2.14. The molecule has 0 bridgehead atoms. The van der Waals surface area contributed by atoms with Gasteiger partial charge in [0.1, 0.15) is 11.3 Å². The predicted molar refractivity (Wildman–Crippen MR) is 120 cm³/mol. The monoisotopic (exact) mass is 434 g/mol. The van der Waals surface area contributed by atoms with Gasteiger partial charge < -0.3 is 10.1 Å². The van der Waals surface area contributed by atoms with Gasteiger partial charge in [-0.1, -0.05) is 6.92 Å². The molecule has 1 aliphatic heterocycles. The minimum absolute atomic E-state index is 0.195. The summed E-state index contributed by atoms with van der Waals surface area (Å²) < 4.78 is 22.8. The Labute approximate surface area is 186 Å². The number of fused-ring (bicyclic) bond motifs is 2. The number of ether oxygens (including phenoxy) is 1. The van der Waals surface area contributed by atoms with Gasteiger partial charge in [0.05, 0.1) is 37.4 Å². The third-order valence-corrected chi connectivity index (χ3v) is 6.37. The van der Waals surface area contributed by atoms with Crippen molar-refractivity contribution in [2.45, 2.75) is 45.7 Å². The van der Waals surface area contributed by atoms with Crippen LogP contribution in [0.1, 0.15) is 41.8 Å². The van der Waals surface area contributed by atoms with Gasteiger partial charge >= 0.3 is 0 Å². The smallest absolute Gasteiger partial charge is 0.164 e. The van der Waals surface area contributed by atoms with Crippen LogP contribution in [0.3, 0.4) is 0 Å². The average molecular weight is 435 g/mol. The molecule has 0 fully saturated rings. The van der Waals surface area contributed by atoms with Crippen molar-refractivity contribution in [1.29, 1.82) is 0 Å². The second-order valence-corrected chi connectivity index (χ2v) is 8.42. The van der Waals surface area contributed by atoms with Crippen molar-refractivity contribution in [3.8, 4) is 17.0 Å². The zero-order chi connectivity index (χ0) is 22.2. The highest BCUT2D eigenvalue weighted by Gasteiger charge is 2.21. The van der Waals surface area contributed by atoms with Gasteiger partial charge in [0.2, 0.25) is 0 Å². The van der Waals surface area contributed by atoms with Crippen LogP contribution in [0.15, 0.2) is 36.8 Å². The lowest BCUT2D eigenvalue weighted by Crippen LogP contribution is -2.28. The molecule has 5 heterocycles. The van der Waals surface area contributed by atoms with E-state index in [1.165, 1.54) is 23.5 Å². The Kier molecular flexibility index (Phi) is 5.38. The van der Waals surface area contributed by atoms with Gasteiger partial charge in [-0.3, -0.25) is 9.67 Å². The Balaban J connectivity index is 1.52. The number of hydrogen-bond acceptors (Lipinski definition) is 5. The van der Waals surface area contributed by atoms with Gasteiger partial charge in [-0.05, 0) is 55.0 Å². The Morgan fingerprint density at radius 1 is 1.28 bits per heavy atom. The molecule has 8 heteroatoms. The van der Waals surface area contributed by atoms with Gasteiger partial charge in [-0.2, -0.15) is 10.2 Å². The number of nitrogens with zero attached hydrogens (tertiary/aromatic N) is 5. The van der Waals surface area contributed by atoms with Crippen molar-refractivity contribution in [1.82, 2.24) is 29.7 Å². The molecule has 0 amide bonds. The summed E-state index contributed by atoms with van der Waals surface area (Å²) in [6.07, 6.45) is 6.74. The van der Waals surface area contributed by atoms with Gasteiger partial charge in [0.15, 0.2) is 5.75 Å². The number of hydrogen-bond donors (Lipinski definition) is 1. The third kappa shape index (κ3) is 3.64. The molecule has 4 aromatic heterocycles. The molecule has 1 unspecified atom stereocenters. The van der Waals surface area contributed by atoms with Crippen LogP contribution in [0.4, 0.5) is 4.39 Å². The van der Waals surface area contributed by atoms with E-state index >= 15 is 0 Å². The fraction of sp³-hybridized carbons (Fsp3) is 0.375. The van der Waals surface area contributed by atoms with Crippen molar-refractivity contribution in [2.24, 2.45) is 0 Å². The van der Waals surface area contributed by atoms with Gasteiger partial charge in [0, 0.05) is 30.5 Å². The number of halogens is 1. The first-order valence-electron chi connectivity index (χ1n) is 11.0. The molecule has 166 valence electrons. The lowest BCUT2D eigenvalue weighted by molar-refractivity contribution is 0.419. The van der Waals surface area contributed by atoms with E-state index in [2.05, 4.69) is 40.0 Å². The average Bonchev–Trinajstić information content (AvgIpc) is 3.38. The normalized spacial score (nSPS) is 14.5. The Morgan fingerprint density at radius 3 is 2.91 bits per heavy atom. The topological polar surface area (TPSA) is 69.3 Å². The van der Waals surface area contributed by atoms with Crippen molar-refractivity contribution in [3.05, 3.63) is 65.1 Å². The summed E-state index contributed by atoms with van der Waals surface area (Å²) in [5, 5.41) is 12.9. The molecule has 0 radical (unpaired) electrons. The van der Waals surface area contributed by atoms with Gasteiger partial charge in [-0.25, -0.2) is 8.91 Å². The first kappa shape index (κ1) is 20.6. The second kappa shape index (κ2) is 8.35. The van der Waals surface area contributed by atoms with E-state index in [0.717, 1.165) is 66.3 Å². The highest BCUT2D eigenvalue weighted by atomic mass is 19.1. The summed E-state index contributed by atoms with van der Waals surface area (Å²) in [5.41, 5.74) is 7.49. The first-order chi connectivity index (χ1) is 15.5. The van der Waals surface area contributed by atoms with Crippen molar-refractivity contribution < 1.29 is 9.13 Å². The fourth-order valence-corrected chi connectivity index (χ4v) is 4.50. The Bertz CT molecular complexity index is 1260. The number of pyridine rings is 2. The van der Waals surface area contributed by atoms with Crippen LogP contribution in [0.5, 0.6) is 5.75 Å². The Hall–Kier alpha value is -3.26. The molecule has 0 aromatic carbocycles. The summed E-state index contributed by atoms with van der Waals surface area (Å²) in [6.45, 7) is 6.91. The van der Waals surface area contributed by atoms with E-state index in [0.29, 0.717) is 0 Å². The maximum Gasteiger partial charge on any atom is 0.164 e. The van der Waals surface area contributed by atoms with Crippen LogP contribution in [-0.2, 0) is 19.5 Å². The molecule has 0 spiro atoms. The zero-order valence-corrected chi connectivity index (χ0v) is 18.6. The minimum atomic E-state index is -0.312. The number of rotatable bonds is 6. The SMILES string of the molecule is COc1cnn2cc(-c3nn4c(c3C)CNCC4)cc(CCC(C)c3ccc(F)cn3)c12. The van der Waals surface area contributed by atoms with E-state index < -0.39 is 0 Å². The highest BCUT2D eigenvalue weighted by Crippen LogP contribution is 2.32. The molecule has 0 aliphatic carbocycles. The predicted octanol–water partition coefficient (Wildman–Crippen LogP) is 3.89. The second-order valence-electron chi connectivity index (χ2n) is 8.42. The molecule has 1 N–H and O–H groups in total. The van der Waals surface area contributed by atoms with Crippen LogP contribution in [0.25, 0.3) is 16.8 Å². The number of aromatic nitrogens is 5. The maximum absolute atomic E-state index is 13.2. The molecule has 0 saturated heterocycles. The third-order valence-electron chi connectivity index (χ3n) is 6.37. The van der Waals surface area contributed by atoms with Crippen LogP contribution >= 0.6 is 0 Å². The van der Waals surface area contributed by atoms with Crippen LogP contribution in [0, 0.1) is 12.7 Å². The molecular formula is C24H27FN6O. The Morgan fingerprint density at radius 2 is 2.16 bits per heavy atom. The van der Waals surface area contributed by atoms with Crippen LogP contribution in [0.2, 0.25) is 0 Å². The van der Waals surface area contributed by atoms with Crippen LogP contribution in [-0.4, -0.2) is 38.0 Å². The molecule has 4 aromatic rings. The molecule has 0 saturated carbocycles. The van der Waals surface area contributed by atoms with Crippen molar-refractivity contribution in [2.75, 3.05) is 13.7 Å². The molecule has 7 nitrogen and oxygen atoms in total. The summed E-state index contributed by atoms with van der Waals surface area (Å²) in [7, 11) is 1.67. The molecule has 1 atom stereocenters. The fourth-order valence-electron chi connectivity index (χ4n) is 4.50. The molecule has 5 rings (SSSR count). The maximum atomic E-state index is 13.2. The molecule has 1 aliphatic rings. The van der Waals surface area contributed by atoms with Gasteiger partial charge in [-0.15, -0.1) is 0 Å². The van der Waals surface area contributed by atoms with E-state index in [1.54, 1.807) is 19.4 Å². The number of nitrogens with one attached hydrogen (secondary N) is 1. The van der Waals surface area contributed by atoms with E-state index in [1.807, 2.05) is 10.7 Å². The number of methoxy groups -OCH3 is 1. The van der Waals surface area contributed by atoms with E-state index in [9.17, 15) is 4.39 Å². The van der Waals surface area contributed by atoms with E-state index in [-0.39, 0.29) is 11.7 Å². The summed E-state index contributed by atoms with van der Waals surface area (Å²) in [6, 6.07) is 5.44. The highest BCUT2D eigenvalue weighted by molar-refractivity contribution is 5.72. The first-order valence-corrected chi connectivity index (χ1v) is 11.0. The van der Waals surface area contributed by atoms with Crippen molar-refractivity contribution >= 4 is 5.52 Å². The summed E-state index contributed by atoms with van der Waals surface area (Å²) in [4.78, 5) is 4.25. The van der Waals surface area contributed by atoms with E-state index in [4.69, 9.17) is 9.84 Å². The van der Waals surface area contributed by atoms with Crippen molar-refractivity contribution in [3.63, 3.8) is 0 Å². The minimum Gasteiger partial charge on any atom is -0.493 e. The molecule has 32 heavy (non-hydrogen) atoms. The summed E-state index contributed by atoms with van der Waals surface area (Å²) in [5.74, 6) is 0.637.